The molecular formula is C25H44N2Na2O12. The number of carbonyl (C=O) groups is 5. The summed E-state index contributed by atoms with van der Waals surface area (Å²) < 4.78 is 4.82. The van der Waals surface area contributed by atoms with Gasteiger partial charge in [0.15, 0.2) is 0 Å². The predicted molar refractivity (Wildman–Crippen MR) is 134 cm³/mol. The summed E-state index contributed by atoms with van der Waals surface area (Å²) in [7, 11) is 0. The number of nitrogens with zero attached hydrogens (tertiary/aromatic N) is 2. The van der Waals surface area contributed by atoms with Gasteiger partial charge in [0.1, 0.15) is 12.7 Å². The molecule has 41 heavy (non-hydrogen) atoms. The minimum Gasteiger partial charge on any atom is -0.549 e. The monoisotopic (exact) mass is 610 g/mol. The van der Waals surface area contributed by atoms with E-state index in [0.717, 1.165) is 22.6 Å². The maximum absolute atomic E-state index is 11.3. The third-order valence-corrected chi connectivity index (χ3v) is 5.29. The van der Waals surface area contributed by atoms with E-state index >= 15 is 0 Å². The van der Waals surface area contributed by atoms with E-state index in [1.807, 2.05) is 0 Å². The fourth-order valence-electron chi connectivity index (χ4n) is 3.35. The van der Waals surface area contributed by atoms with Crippen LogP contribution in [0.3, 0.4) is 0 Å². The second kappa shape index (κ2) is 32.1. The molecule has 0 fully saturated rings. The van der Waals surface area contributed by atoms with E-state index in [1.54, 1.807) is 0 Å². The smallest absolute Gasteiger partial charge is 0.549 e. The summed E-state index contributed by atoms with van der Waals surface area (Å²) in [6.07, 6.45) is 10.4. The molecule has 0 aromatic heterocycles. The van der Waals surface area contributed by atoms with Crippen molar-refractivity contribution in [3.63, 3.8) is 0 Å². The molecule has 0 saturated heterocycles. The maximum Gasteiger partial charge on any atom is 1.00 e. The Morgan fingerprint density at radius 1 is 0.707 bits per heavy atom. The first-order chi connectivity index (χ1) is 18.4. The minimum atomic E-state index is -1.49. The Balaban J connectivity index is -0.000000319. The molecule has 4 N–H and O–H groups in total. The van der Waals surface area contributed by atoms with Crippen molar-refractivity contribution in [2.24, 2.45) is 0 Å². The number of hydrogen-bond donors (Lipinski definition) is 4. The SMILES string of the molecule is CCCCCCCCCCCC(=O)OCC(O)CO.O=C([O-])CN(CCN(CC(=O)[O-])CC(=O)O)CC(=O)O.[Na+].[Na+]. The summed E-state index contributed by atoms with van der Waals surface area (Å²) in [5, 5.41) is 55.6. The summed E-state index contributed by atoms with van der Waals surface area (Å²) in [4.78, 5) is 55.1. The number of carbonyl (C=O) groups excluding carboxylic acids is 3. The predicted octanol–water partition coefficient (Wildman–Crippen LogP) is -7.93. The Kier molecular flexibility index (Phi) is 36.9. The van der Waals surface area contributed by atoms with Gasteiger partial charge in [0.2, 0.25) is 0 Å². The quantitative estimate of drug-likeness (QED) is 0.0452. The van der Waals surface area contributed by atoms with Crippen LogP contribution in [0, 0.1) is 0 Å². The Morgan fingerprint density at radius 3 is 1.44 bits per heavy atom. The molecule has 0 aromatic carbocycles. The summed E-state index contributed by atoms with van der Waals surface area (Å²) in [6.45, 7) is -1.00. The van der Waals surface area contributed by atoms with Gasteiger partial charge in [0.05, 0.1) is 31.6 Å². The largest absolute Gasteiger partial charge is 1.00 e. The number of hydrogen-bond acceptors (Lipinski definition) is 12. The van der Waals surface area contributed by atoms with Crippen LogP contribution in [0.5, 0.6) is 0 Å². The first kappa shape index (κ1) is 47.1. The molecule has 1 unspecified atom stereocenters. The number of aliphatic hydroxyl groups is 2. The van der Waals surface area contributed by atoms with Gasteiger partial charge in [0.25, 0.3) is 0 Å². The number of aliphatic carboxylic acids is 4. The fourth-order valence-corrected chi connectivity index (χ4v) is 3.35. The summed E-state index contributed by atoms with van der Waals surface area (Å²) in [5.74, 6) is -5.80. The van der Waals surface area contributed by atoms with Gasteiger partial charge in [-0.3, -0.25) is 24.2 Å². The Morgan fingerprint density at radius 2 is 1.10 bits per heavy atom. The van der Waals surface area contributed by atoms with E-state index in [2.05, 4.69) is 6.92 Å². The van der Waals surface area contributed by atoms with Gasteiger partial charge in [-0.25, -0.2) is 0 Å². The van der Waals surface area contributed by atoms with Crippen LogP contribution in [0.4, 0.5) is 0 Å². The van der Waals surface area contributed by atoms with Gasteiger partial charge in [0, 0.05) is 32.6 Å². The number of aliphatic hydroxyl groups excluding tert-OH is 2. The van der Waals surface area contributed by atoms with Gasteiger partial charge < -0.3 is 45.0 Å². The van der Waals surface area contributed by atoms with E-state index in [-0.39, 0.29) is 91.4 Å². The zero-order valence-corrected chi connectivity index (χ0v) is 28.8. The van der Waals surface area contributed by atoms with E-state index in [0.29, 0.717) is 6.42 Å². The number of ether oxygens (including phenoxy) is 1. The average molecular weight is 611 g/mol. The number of rotatable bonds is 24. The van der Waals surface area contributed by atoms with E-state index in [4.69, 9.17) is 25.2 Å². The topological polar surface area (TPSA) is 228 Å². The number of esters is 1. The van der Waals surface area contributed by atoms with E-state index in [9.17, 15) is 34.2 Å². The van der Waals surface area contributed by atoms with Gasteiger partial charge in [-0.2, -0.15) is 0 Å². The summed E-state index contributed by atoms with van der Waals surface area (Å²) >= 11 is 0. The zero-order chi connectivity index (χ0) is 30.1. The van der Waals surface area contributed by atoms with Crippen molar-refractivity contribution in [1.82, 2.24) is 9.80 Å². The molecule has 0 heterocycles. The molecule has 14 nitrogen and oxygen atoms in total. The van der Waals surface area contributed by atoms with Crippen molar-refractivity contribution in [2.45, 2.75) is 77.2 Å². The molecule has 0 bridgehead atoms. The van der Waals surface area contributed by atoms with Crippen LogP contribution in [-0.4, -0.2) is 119 Å². The Hall–Kier alpha value is -0.810. The molecule has 0 aliphatic heterocycles. The number of carboxylic acid groups (broad SMARTS) is 4. The molecule has 0 radical (unpaired) electrons. The molecule has 0 aliphatic carbocycles. The molecule has 0 amide bonds. The normalized spacial score (nSPS) is 11.0. The second-order valence-electron chi connectivity index (χ2n) is 9.05. The van der Waals surface area contributed by atoms with Crippen molar-refractivity contribution >= 4 is 29.8 Å². The molecule has 0 aromatic rings. The van der Waals surface area contributed by atoms with E-state index in [1.165, 1.54) is 44.9 Å². The molecule has 0 rings (SSSR count). The van der Waals surface area contributed by atoms with Crippen molar-refractivity contribution < 1.29 is 118 Å². The van der Waals surface area contributed by atoms with Crippen LogP contribution in [-0.2, 0) is 28.7 Å². The minimum absolute atomic E-state index is 0. The molecule has 228 valence electrons. The molecule has 0 aliphatic rings. The maximum atomic E-state index is 11.3. The molecule has 1 atom stereocenters. The third-order valence-electron chi connectivity index (χ3n) is 5.29. The van der Waals surface area contributed by atoms with Crippen molar-refractivity contribution in [3.05, 3.63) is 0 Å². The van der Waals surface area contributed by atoms with Gasteiger partial charge in [-0.1, -0.05) is 58.3 Å². The van der Waals surface area contributed by atoms with Crippen LogP contribution in [0.1, 0.15) is 71.1 Å². The Labute approximate surface area is 286 Å². The van der Waals surface area contributed by atoms with Crippen LogP contribution in [0.15, 0.2) is 0 Å². The van der Waals surface area contributed by atoms with Crippen LogP contribution >= 0.6 is 0 Å². The van der Waals surface area contributed by atoms with Gasteiger partial charge in [-0.05, 0) is 6.42 Å². The molecule has 0 saturated carbocycles. The van der Waals surface area contributed by atoms with Crippen LogP contribution in [0.25, 0.3) is 0 Å². The zero-order valence-electron chi connectivity index (χ0n) is 24.8. The van der Waals surface area contributed by atoms with Crippen molar-refractivity contribution in [2.75, 3.05) is 52.5 Å². The summed E-state index contributed by atoms with van der Waals surface area (Å²) in [5.41, 5.74) is 0. The molecule has 0 spiro atoms. The van der Waals surface area contributed by atoms with Crippen molar-refractivity contribution in [3.8, 4) is 0 Å². The van der Waals surface area contributed by atoms with E-state index < -0.39 is 56.2 Å². The first-order valence-electron chi connectivity index (χ1n) is 13.1. The standard InChI is InChI=1S/C15H30O4.C10H16N2O8.2Na/c1-2-3-4-5-6-7-8-9-10-11-15(18)19-13-14(17)12-16;13-7(14)3-11(4-8(15)16)1-2-12(5-9(17)18)6-10(19)20;;/h14,16-17H,2-13H2,1H3;1-6H2,(H,13,14)(H,15,16)(H,17,18)(H,19,20);;/q;;2*+1/p-2. The fraction of sp³-hybridized carbons (Fsp3) is 0.800. The average Bonchev–Trinajstić information content (AvgIpc) is 2.83. The first-order valence-corrected chi connectivity index (χ1v) is 13.1. The molecule has 16 heteroatoms. The van der Waals surface area contributed by atoms with Gasteiger partial charge in [-0.15, -0.1) is 0 Å². The van der Waals surface area contributed by atoms with Crippen molar-refractivity contribution in [1.29, 1.82) is 0 Å². The number of carboxylic acids is 4. The van der Waals surface area contributed by atoms with Crippen LogP contribution < -0.4 is 69.3 Å². The second-order valence-corrected chi connectivity index (χ2v) is 9.05. The summed E-state index contributed by atoms with van der Waals surface area (Å²) in [6, 6.07) is 0. The number of unbranched alkanes of at least 4 members (excludes halogenated alkanes) is 8. The Bertz CT molecular complexity index is 648. The third kappa shape index (κ3) is 37.2. The van der Waals surface area contributed by atoms with Crippen LogP contribution in [0.2, 0.25) is 0 Å². The van der Waals surface area contributed by atoms with Gasteiger partial charge >= 0.3 is 77.0 Å². The molecular weight excluding hydrogens is 566 g/mol.